The van der Waals surface area contributed by atoms with Crippen LogP contribution in [0.15, 0.2) is 48.5 Å². The Kier molecular flexibility index (Phi) is 6.93. The molecule has 142 valence electrons. The van der Waals surface area contributed by atoms with E-state index in [-0.39, 0.29) is 16.9 Å². The largest absolute Gasteiger partial charge is 0.456 e. The summed E-state index contributed by atoms with van der Waals surface area (Å²) >= 11 is 0. The first-order valence-electron chi connectivity index (χ1n) is 7.62. The Balaban J connectivity index is 1.77. The van der Waals surface area contributed by atoms with Gasteiger partial charge in [-0.05, 0) is 42.5 Å². The van der Waals surface area contributed by atoms with Gasteiger partial charge in [-0.15, -0.1) is 0 Å². The van der Waals surface area contributed by atoms with Crippen LogP contribution in [0.4, 0.5) is 13.2 Å². The van der Waals surface area contributed by atoms with E-state index in [1.165, 1.54) is 42.5 Å². The van der Waals surface area contributed by atoms with Gasteiger partial charge in [-0.1, -0.05) is 6.07 Å². The van der Waals surface area contributed by atoms with Gasteiger partial charge in [-0.3, -0.25) is 14.4 Å². The highest BCUT2D eigenvalue weighted by molar-refractivity contribution is 5.98. The number of ketones is 1. The third-order valence-electron chi connectivity index (χ3n) is 3.25. The minimum absolute atomic E-state index is 0.0324. The third kappa shape index (κ3) is 6.46. The normalized spacial score (nSPS) is 10.4. The van der Waals surface area contributed by atoms with E-state index >= 15 is 0 Å². The predicted molar refractivity (Wildman–Crippen MR) is 87.1 cm³/mol. The molecule has 0 unspecified atom stereocenters. The van der Waals surface area contributed by atoms with Gasteiger partial charge in [0.15, 0.2) is 12.4 Å². The first-order valence-corrected chi connectivity index (χ1v) is 7.62. The van der Waals surface area contributed by atoms with Crippen LogP contribution in [0.5, 0.6) is 5.75 Å². The summed E-state index contributed by atoms with van der Waals surface area (Å²) in [6, 6.07) is 9.75. The second-order valence-electron chi connectivity index (χ2n) is 5.18. The van der Waals surface area contributed by atoms with Gasteiger partial charge in [0.05, 0.1) is 0 Å². The highest BCUT2D eigenvalue weighted by Gasteiger charge is 2.13. The maximum Gasteiger partial charge on any atom is 0.387 e. The van der Waals surface area contributed by atoms with E-state index in [0.29, 0.717) is 0 Å². The lowest BCUT2D eigenvalue weighted by Gasteiger charge is -2.07. The molecule has 0 saturated carbocycles. The Labute approximate surface area is 151 Å². The molecule has 0 fully saturated rings. The highest BCUT2D eigenvalue weighted by atomic mass is 19.3. The molecule has 27 heavy (non-hydrogen) atoms. The monoisotopic (exact) mass is 381 g/mol. The smallest absolute Gasteiger partial charge is 0.387 e. The van der Waals surface area contributed by atoms with Crippen LogP contribution in [0.1, 0.15) is 20.7 Å². The van der Waals surface area contributed by atoms with Crippen LogP contribution in [-0.4, -0.2) is 37.4 Å². The molecular weight excluding hydrogens is 367 g/mol. The molecule has 1 amide bonds. The summed E-state index contributed by atoms with van der Waals surface area (Å²) in [7, 11) is 0. The molecule has 0 aliphatic rings. The van der Waals surface area contributed by atoms with Gasteiger partial charge >= 0.3 is 12.6 Å². The fraction of sp³-hybridized carbons (Fsp3) is 0.167. The molecule has 0 saturated heterocycles. The minimum Gasteiger partial charge on any atom is -0.456 e. The van der Waals surface area contributed by atoms with E-state index < -0.39 is 43.2 Å². The number of amides is 1. The number of ether oxygens (including phenoxy) is 2. The van der Waals surface area contributed by atoms with Crippen LogP contribution in [0.3, 0.4) is 0 Å². The highest BCUT2D eigenvalue weighted by Crippen LogP contribution is 2.15. The van der Waals surface area contributed by atoms with E-state index in [2.05, 4.69) is 10.1 Å². The van der Waals surface area contributed by atoms with Gasteiger partial charge in [0.2, 0.25) is 0 Å². The first kappa shape index (κ1) is 20.0. The number of carbonyl (C=O) groups is 3. The number of carbonyl (C=O) groups excluding carboxylic acids is 3. The summed E-state index contributed by atoms with van der Waals surface area (Å²) in [5.74, 6) is -2.82. The number of benzene rings is 2. The number of alkyl halides is 2. The molecular formula is C18H14F3NO5. The lowest BCUT2D eigenvalue weighted by Crippen LogP contribution is -2.31. The van der Waals surface area contributed by atoms with Gasteiger partial charge in [-0.2, -0.15) is 8.78 Å². The molecule has 0 bridgehead atoms. The molecule has 1 N–H and O–H groups in total. The van der Waals surface area contributed by atoms with E-state index in [0.717, 1.165) is 6.07 Å². The summed E-state index contributed by atoms with van der Waals surface area (Å²) in [6.07, 6.45) is 0. The van der Waals surface area contributed by atoms with E-state index in [1.54, 1.807) is 0 Å². The topological polar surface area (TPSA) is 81.7 Å². The van der Waals surface area contributed by atoms with Crippen molar-refractivity contribution in [1.29, 1.82) is 0 Å². The molecule has 0 spiro atoms. The van der Waals surface area contributed by atoms with E-state index in [1.807, 2.05) is 0 Å². The molecule has 6 nitrogen and oxygen atoms in total. The third-order valence-corrected chi connectivity index (χ3v) is 3.25. The fourth-order valence-corrected chi connectivity index (χ4v) is 1.99. The molecule has 0 atom stereocenters. The van der Waals surface area contributed by atoms with Gasteiger partial charge in [-0.25, -0.2) is 4.39 Å². The van der Waals surface area contributed by atoms with Gasteiger partial charge in [0.25, 0.3) is 5.91 Å². The van der Waals surface area contributed by atoms with Crippen molar-refractivity contribution in [3.8, 4) is 5.75 Å². The number of esters is 1. The van der Waals surface area contributed by atoms with Crippen LogP contribution in [0, 0.1) is 5.82 Å². The van der Waals surface area contributed by atoms with Crippen molar-refractivity contribution in [3.05, 3.63) is 65.5 Å². The number of hydrogen-bond donors (Lipinski definition) is 1. The van der Waals surface area contributed by atoms with Crippen molar-refractivity contribution in [1.82, 2.24) is 5.32 Å². The molecule has 2 aromatic rings. The quantitative estimate of drug-likeness (QED) is 0.562. The Morgan fingerprint density at radius 2 is 1.70 bits per heavy atom. The Bertz CT molecular complexity index is 824. The van der Waals surface area contributed by atoms with Crippen LogP contribution < -0.4 is 10.1 Å². The van der Waals surface area contributed by atoms with Crippen molar-refractivity contribution in [2.24, 2.45) is 0 Å². The van der Waals surface area contributed by atoms with Gasteiger partial charge < -0.3 is 14.8 Å². The zero-order valence-corrected chi connectivity index (χ0v) is 13.8. The number of hydrogen-bond acceptors (Lipinski definition) is 5. The maximum atomic E-state index is 13.0. The summed E-state index contributed by atoms with van der Waals surface area (Å²) in [5.41, 5.74) is 0.165. The predicted octanol–water partition coefficient (Wildman–Crippen LogP) is 2.58. The van der Waals surface area contributed by atoms with Crippen molar-refractivity contribution in [3.63, 3.8) is 0 Å². The number of nitrogens with one attached hydrogen (secondary N) is 1. The SMILES string of the molecule is O=C(CNC(=O)c1cccc(F)c1)OCC(=O)c1ccc(OC(F)F)cc1. The van der Waals surface area contributed by atoms with Gasteiger partial charge in [0.1, 0.15) is 18.1 Å². The molecule has 0 aliphatic heterocycles. The molecule has 0 aliphatic carbocycles. The Hall–Kier alpha value is -3.36. The lowest BCUT2D eigenvalue weighted by molar-refractivity contribution is -0.141. The second-order valence-corrected chi connectivity index (χ2v) is 5.18. The average molecular weight is 381 g/mol. The second kappa shape index (κ2) is 9.37. The van der Waals surface area contributed by atoms with Crippen molar-refractivity contribution >= 4 is 17.7 Å². The number of Topliss-reactive ketones (excluding diaryl/α,β-unsaturated/α-hetero) is 1. The molecule has 0 aromatic heterocycles. The van der Waals surface area contributed by atoms with E-state index in [9.17, 15) is 27.6 Å². The average Bonchev–Trinajstić information content (AvgIpc) is 2.64. The molecule has 2 rings (SSSR count). The zero-order chi connectivity index (χ0) is 19.8. The molecule has 2 aromatic carbocycles. The first-order chi connectivity index (χ1) is 12.8. The summed E-state index contributed by atoms with van der Waals surface area (Å²) in [5, 5.41) is 2.24. The van der Waals surface area contributed by atoms with Crippen LogP contribution in [0.25, 0.3) is 0 Å². The minimum atomic E-state index is -2.98. The molecule has 0 radical (unpaired) electrons. The summed E-state index contributed by atoms with van der Waals surface area (Å²) in [4.78, 5) is 35.2. The number of halogens is 3. The summed E-state index contributed by atoms with van der Waals surface area (Å²) in [6.45, 7) is -4.08. The van der Waals surface area contributed by atoms with Crippen LogP contribution >= 0.6 is 0 Å². The van der Waals surface area contributed by atoms with E-state index in [4.69, 9.17) is 4.74 Å². The lowest BCUT2D eigenvalue weighted by atomic mass is 10.1. The summed E-state index contributed by atoms with van der Waals surface area (Å²) < 4.78 is 46.0. The number of rotatable bonds is 8. The molecule has 9 heteroatoms. The van der Waals surface area contributed by atoms with Crippen molar-refractivity contribution in [2.75, 3.05) is 13.2 Å². The van der Waals surface area contributed by atoms with Gasteiger partial charge in [0, 0.05) is 11.1 Å². The van der Waals surface area contributed by atoms with Crippen LogP contribution in [-0.2, 0) is 9.53 Å². The van der Waals surface area contributed by atoms with Crippen molar-refractivity contribution < 1.29 is 37.0 Å². The molecule has 0 heterocycles. The Morgan fingerprint density at radius 1 is 1.00 bits per heavy atom. The standard InChI is InChI=1S/C18H14F3NO5/c19-13-3-1-2-12(8-13)17(25)22-9-16(24)26-10-15(23)11-4-6-14(7-5-11)27-18(20)21/h1-8,18H,9-10H2,(H,22,25). The zero-order valence-electron chi connectivity index (χ0n) is 13.8. The van der Waals surface area contributed by atoms with Crippen molar-refractivity contribution in [2.45, 2.75) is 6.61 Å². The maximum absolute atomic E-state index is 13.0. The Morgan fingerprint density at radius 3 is 2.33 bits per heavy atom. The fourth-order valence-electron chi connectivity index (χ4n) is 1.99. The van der Waals surface area contributed by atoms with Crippen LogP contribution in [0.2, 0.25) is 0 Å².